The molecule has 0 unspecified atom stereocenters. The highest BCUT2D eigenvalue weighted by molar-refractivity contribution is 9.10. The van der Waals surface area contributed by atoms with E-state index in [0.717, 1.165) is 11.3 Å². The van der Waals surface area contributed by atoms with Gasteiger partial charge in [-0.1, -0.05) is 34.1 Å². The Hall–Kier alpha value is -2.21. The zero-order valence-electron chi connectivity index (χ0n) is 13.1. The van der Waals surface area contributed by atoms with Gasteiger partial charge in [0, 0.05) is 23.1 Å². The minimum Gasteiger partial charge on any atom is -0.323 e. The zero-order valence-corrected chi connectivity index (χ0v) is 14.6. The maximum Gasteiger partial charge on any atom is 0.229 e. The number of hydrogen-bond donors (Lipinski definition) is 1. The van der Waals surface area contributed by atoms with Crippen LogP contribution in [0.1, 0.15) is 12.0 Å². The lowest BCUT2D eigenvalue weighted by Gasteiger charge is -2.19. The molecule has 2 aromatic rings. The van der Waals surface area contributed by atoms with Crippen LogP contribution in [-0.2, 0) is 9.59 Å². The largest absolute Gasteiger partial charge is 0.323 e. The summed E-state index contributed by atoms with van der Waals surface area (Å²) in [5, 5.41) is 2.57. The van der Waals surface area contributed by atoms with Crippen molar-refractivity contribution >= 4 is 39.1 Å². The van der Waals surface area contributed by atoms with E-state index in [-0.39, 0.29) is 23.9 Å². The van der Waals surface area contributed by atoms with Crippen LogP contribution in [0.3, 0.4) is 0 Å². The summed E-state index contributed by atoms with van der Waals surface area (Å²) in [5.74, 6) is -1.46. The van der Waals surface area contributed by atoms with Crippen molar-refractivity contribution in [3.63, 3.8) is 0 Å². The van der Waals surface area contributed by atoms with Crippen molar-refractivity contribution in [1.82, 2.24) is 0 Å². The first-order valence-electron chi connectivity index (χ1n) is 7.57. The summed E-state index contributed by atoms with van der Waals surface area (Å²) in [7, 11) is 0. The third-order valence-electron chi connectivity index (χ3n) is 4.09. The number of aryl methyl sites for hydroxylation is 1. The molecule has 1 fully saturated rings. The Balaban J connectivity index is 1.73. The normalized spacial score (nSPS) is 17.2. The molecule has 24 heavy (non-hydrogen) atoms. The highest BCUT2D eigenvalue weighted by Gasteiger charge is 2.35. The lowest BCUT2D eigenvalue weighted by atomic mass is 10.1. The van der Waals surface area contributed by atoms with Crippen molar-refractivity contribution in [2.75, 3.05) is 16.8 Å². The summed E-state index contributed by atoms with van der Waals surface area (Å²) >= 11 is 3.17. The predicted octanol–water partition coefficient (Wildman–Crippen LogP) is 3.89. The third-order valence-corrected chi connectivity index (χ3v) is 4.58. The maximum atomic E-state index is 13.8. The number of carbonyl (C=O) groups is 2. The van der Waals surface area contributed by atoms with E-state index in [1.54, 1.807) is 11.0 Å². The van der Waals surface area contributed by atoms with Gasteiger partial charge >= 0.3 is 0 Å². The standard InChI is InChI=1S/C18H16BrFN2O2/c1-11-4-2-3-5-16(11)22-10-12(8-17(22)23)18(24)21-15-7-6-13(19)9-14(15)20/h2-7,9,12H,8,10H2,1H3,(H,21,24)/t12-/m0/s1. The van der Waals surface area contributed by atoms with E-state index in [1.165, 1.54) is 12.1 Å². The van der Waals surface area contributed by atoms with Crippen LogP contribution in [0.4, 0.5) is 15.8 Å². The molecule has 1 heterocycles. The van der Waals surface area contributed by atoms with E-state index in [9.17, 15) is 14.0 Å². The van der Waals surface area contributed by atoms with Crippen molar-refractivity contribution in [1.29, 1.82) is 0 Å². The molecular formula is C18H16BrFN2O2. The molecule has 1 atom stereocenters. The number of para-hydroxylation sites is 1. The number of hydrogen-bond acceptors (Lipinski definition) is 2. The van der Waals surface area contributed by atoms with Crippen LogP contribution >= 0.6 is 15.9 Å². The van der Waals surface area contributed by atoms with Gasteiger partial charge in [-0.3, -0.25) is 9.59 Å². The lowest BCUT2D eigenvalue weighted by Crippen LogP contribution is -2.28. The monoisotopic (exact) mass is 390 g/mol. The van der Waals surface area contributed by atoms with Gasteiger partial charge in [0.1, 0.15) is 5.82 Å². The molecular weight excluding hydrogens is 375 g/mol. The molecule has 1 aliphatic rings. The summed E-state index contributed by atoms with van der Waals surface area (Å²) in [5.41, 5.74) is 1.91. The first kappa shape index (κ1) is 16.6. The van der Waals surface area contributed by atoms with E-state index in [0.29, 0.717) is 11.0 Å². The van der Waals surface area contributed by atoms with E-state index < -0.39 is 11.7 Å². The maximum absolute atomic E-state index is 13.8. The number of rotatable bonds is 3. The summed E-state index contributed by atoms with van der Waals surface area (Å²) in [6.07, 6.45) is 0.123. The van der Waals surface area contributed by atoms with Crippen LogP contribution in [0.2, 0.25) is 0 Å². The highest BCUT2D eigenvalue weighted by Crippen LogP contribution is 2.29. The molecule has 0 aromatic heterocycles. The second-order valence-electron chi connectivity index (χ2n) is 5.81. The molecule has 4 nitrogen and oxygen atoms in total. The van der Waals surface area contributed by atoms with Gasteiger partial charge in [0.2, 0.25) is 11.8 Å². The van der Waals surface area contributed by atoms with Crippen LogP contribution in [0, 0.1) is 18.7 Å². The van der Waals surface area contributed by atoms with E-state index in [4.69, 9.17) is 0 Å². The molecule has 0 spiro atoms. The van der Waals surface area contributed by atoms with E-state index >= 15 is 0 Å². The van der Waals surface area contributed by atoms with Crippen molar-refractivity contribution in [2.45, 2.75) is 13.3 Å². The first-order valence-corrected chi connectivity index (χ1v) is 8.37. The summed E-state index contributed by atoms with van der Waals surface area (Å²) in [4.78, 5) is 26.3. The van der Waals surface area contributed by atoms with Gasteiger partial charge in [-0.2, -0.15) is 0 Å². The molecule has 0 saturated carbocycles. The van der Waals surface area contributed by atoms with Gasteiger partial charge in [-0.25, -0.2) is 4.39 Å². The quantitative estimate of drug-likeness (QED) is 0.863. The summed E-state index contributed by atoms with van der Waals surface area (Å²) in [6, 6.07) is 12.0. The predicted molar refractivity (Wildman–Crippen MR) is 94.4 cm³/mol. The third kappa shape index (κ3) is 3.33. The SMILES string of the molecule is Cc1ccccc1N1C[C@@H](C(=O)Nc2ccc(Br)cc2F)CC1=O. The lowest BCUT2D eigenvalue weighted by molar-refractivity contribution is -0.122. The minimum atomic E-state index is -0.516. The molecule has 3 rings (SSSR count). The molecule has 124 valence electrons. The average Bonchev–Trinajstić information content (AvgIpc) is 2.92. The van der Waals surface area contributed by atoms with Crippen LogP contribution < -0.4 is 10.2 Å². The number of halogens is 2. The summed E-state index contributed by atoms with van der Waals surface area (Å²) < 4.78 is 14.4. The molecule has 1 N–H and O–H groups in total. The molecule has 2 amide bonds. The fourth-order valence-corrected chi connectivity index (χ4v) is 3.14. The number of carbonyl (C=O) groups excluding carboxylic acids is 2. The number of nitrogens with zero attached hydrogens (tertiary/aromatic N) is 1. The molecule has 6 heteroatoms. The minimum absolute atomic E-state index is 0.0965. The topological polar surface area (TPSA) is 49.4 Å². The Morgan fingerprint density at radius 3 is 2.75 bits per heavy atom. The zero-order chi connectivity index (χ0) is 17.3. The average molecular weight is 391 g/mol. The van der Waals surface area contributed by atoms with Crippen molar-refractivity contribution in [2.24, 2.45) is 5.92 Å². The number of nitrogens with one attached hydrogen (secondary N) is 1. The van der Waals surface area contributed by atoms with Gasteiger partial charge in [0.15, 0.2) is 0 Å². The van der Waals surface area contributed by atoms with Gasteiger partial charge in [-0.05, 0) is 36.8 Å². The Bertz CT molecular complexity index is 809. The van der Waals surface area contributed by atoms with E-state index in [2.05, 4.69) is 21.2 Å². The second kappa shape index (κ2) is 6.73. The Kier molecular flexibility index (Phi) is 4.66. The fourth-order valence-electron chi connectivity index (χ4n) is 2.81. The number of amides is 2. The molecule has 1 aliphatic heterocycles. The van der Waals surface area contributed by atoms with Gasteiger partial charge < -0.3 is 10.2 Å². The fraction of sp³-hybridized carbons (Fsp3) is 0.222. The molecule has 0 bridgehead atoms. The number of anilines is 2. The first-order chi connectivity index (χ1) is 11.5. The van der Waals surface area contributed by atoms with Crippen molar-refractivity contribution in [3.05, 3.63) is 58.3 Å². The van der Waals surface area contributed by atoms with Crippen LogP contribution in [0.5, 0.6) is 0 Å². The van der Waals surface area contributed by atoms with E-state index in [1.807, 2.05) is 31.2 Å². The van der Waals surface area contributed by atoms with Crippen LogP contribution in [0.25, 0.3) is 0 Å². The molecule has 0 aliphatic carbocycles. The van der Waals surface area contributed by atoms with Crippen molar-refractivity contribution < 1.29 is 14.0 Å². The van der Waals surface area contributed by atoms with Crippen molar-refractivity contribution in [3.8, 4) is 0 Å². The Morgan fingerprint density at radius 2 is 2.04 bits per heavy atom. The Morgan fingerprint density at radius 1 is 1.29 bits per heavy atom. The molecule has 2 aromatic carbocycles. The molecule has 0 radical (unpaired) electrons. The number of benzene rings is 2. The van der Waals surface area contributed by atoms with Gasteiger partial charge in [-0.15, -0.1) is 0 Å². The van der Waals surface area contributed by atoms with Crippen LogP contribution in [-0.4, -0.2) is 18.4 Å². The Labute approximate surface area is 147 Å². The van der Waals surface area contributed by atoms with Gasteiger partial charge in [0.25, 0.3) is 0 Å². The van der Waals surface area contributed by atoms with Crippen LogP contribution in [0.15, 0.2) is 46.9 Å². The highest BCUT2D eigenvalue weighted by atomic mass is 79.9. The smallest absolute Gasteiger partial charge is 0.229 e. The molecule has 1 saturated heterocycles. The summed E-state index contributed by atoms with van der Waals surface area (Å²) in [6.45, 7) is 2.22. The van der Waals surface area contributed by atoms with Gasteiger partial charge in [0.05, 0.1) is 11.6 Å². The second-order valence-corrected chi connectivity index (χ2v) is 6.72.